The lowest BCUT2D eigenvalue weighted by atomic mass is 10.4. The standard InChI is InChI=1S/C10H14N2O4/c1-4-16-10(15)11(7(2)3)12-8(13)5-6-9(12)14/h5-7H,4H2,1-3H3. The van der Waals surface area contributed by atoms with Crippen LogP contribution in [-0.2, 0) is 14.3 Å². The van der Waals surface area contributed by atoms with Gasteiger partial charge in [-0.25, -0.2) is 9.80 Å². The SMILES string of the molecule is CCOC(=O)N(C(C)C)N1C(=O)C=CC1=O. The third-order valence-electron chi connectivity index (χ3n) is 1.95. The summed E-state index contributed by atoms with van der Waals surface area (Å²) < 4.78 is 4.79. The maximum absolute atomic E-state index is 11.6. The largest absolute Gasteiger partial charge is 0.448 e. The zero-order valence-electron chi connectivity index (χ0n) is 9.47. The summed E-state index contributed by atoms with van der Waals surface area (Å²) in [5.74, 6) is -1.07. The van der Waals surface area contributed by atoms with Crippen LogP contribution in [0.5, 0.6) is 0 Å². The van der Waals surface area contributed by atoms with E-state index in [4.69, 9.17) is 4.74 Å². The summed E-state index contributed by atoms with van der Waals surface area (Å²) in [4.78, 5) is 34.4. The van der Waals surface area contributed by atoms with Crippen molar-refractivity contribution >= 4 is 17.9 Å². The van der Waals surface area contributed by atoms with E-state index in [9.17, 15) is 14.4 Å². The van der Waals surface area contributed by atoms with Crippen LogP contribution >= 0.6 is 0 Å². The van der Waals surface area contributed by atoms with Gasteiger partial charge in [0, 0.05) is 12.2 Å². The Morgan fingerprint density at radius 2 is 1.88 bits per heavy atom. The van der Waals surface area contributed by atoms with Gasteiger partial charge in [0.2, 0.25) is 0 Å². The first-order valence-corrected chi connectivity index (χ1v) is 5.01. The molecule has 0 fully saturated rings. The molecule has 0 bridgehead atoms. The minimum absolute atomic E-state index is 0.186. The Hall–Kier alpha value is -1.85. The summed E-state index contributed by atoms with van der Waals surface area (Å²) in [5.41, 5.74) is 0. The van der Waals surface area contributed by atoms with E-state index in [-0.39, 0.29) is 12.6 Å². The first kappa shape index (κ1) is 12.2. The van der Waals surface area contributed by atoms with Gasteiger partial charge in [-0.3, -0.25) is 9.59 Å². The summed E-state index contributed by atoms with van der Waals surface area (Å²) in [6.07, 6.45) is 1.54. The van der Waals surface area contributed by atoms with Crippen LogP contribution in [0.4, 0.5) is 4.79 Å². The minimum atomic E-state index is -0.706. The van der Waals surface area contributed by atoms with Gasteiger partial charge in [-0.05, 0) is 20.8 Å². The normalized spacial score (nSPS) is 14.9. The van der Waals surface area contributed by atoms with Crippen LogP contribution in [0.15, 0.2) is 12.2 Å². The molecule has 0 saturated carbocycles. The lowest BCUT2D eigenvalue weighted by Crippen LogP contribution is -2.53. The van der Waals surface area contributed by atoms with E-state index in [1.54, 1.807) is 20.8 Å². The van der Waals surface area contributed by atoms with Crippen molar-refractivity contribution < 1.29 is 19.1 Å². The van der Waals surface area contributed by atoms with Gasteiger partial charge in [-0.2, -0.15) is 5.01 Å². The Morgan fingerprint density at radius 1 is 1.38 bits per heavy atom. The van der Waals surface area contributed by atoms with Gasteiger partial charge in [0.1, 0.15) is 0 Å². The molecule has 0 saturated heterocycles. The molecule has 0 aromatic carbocycles. The van der Waals surface area contributed by atoms with E-state index >= 15 is 0 Å². The van der Waals surface area contributed by atoms with Gasteiger partial charge in [0.05, 0.1) is 12.6 Å². The number of amides is 3. The molecule has 1 aliphatic heterocycles. The molecule has 0 atom stereocenters. The number of ether oxygens (including phenoxy) is 1. The predicted molar refractivity (Wildman–Crippen MR) is 55.0 cm³/mol. The van der Waals surface area contributed by atoms with E-state index in [0.29, 0.717) is 0 Å². The second kappa shape index (κ2) is 4.78. The number of hydrogen-bond donors (Lipinski definition) is 0. The highest BCUT2D eigenvalue weighted by Crippen LogP contribution is 2.13. The Morgan fingerprint density at radius 3 is 2.25 bits per heavy atom. The van der Waals surface area contributed by atoms with Crippen molar-refractivity contribution in [3.63, 3.8) is 0 Å². The molecule has 16 heavy (non-hydrogen) atoms. The summed E-state index contributed by atoms with van der Waals surface area (Å²) in [5, 5.41) is 1.79. The number of carbonyl (C=O) groups is 3. The lowest BCUT2D eigenvalue weighted by Gasteiger charge is -2.31. The molecule has 88 valence electrons. The Labute approximate surface area is 93.4 Å². The zero-order valence-corrected chi connectivity index (χ0v) is 9.47. The summed E-state index contributed by atoms with van der Waals surface area (Å²) in [6.45, 7) is 5.22. The lowest BCUT2D eigenvalue weighted by molar-refractivity contribution is -0.155. The van der Waals surface area contributed by atoms with Crippen LogP contribution in [0.3, 0.4) is 0 Å². The maximum Gasteiger partial charge on any atom is 0.429 e. The zero-order chi connectivity index (χ0) is 12.3. The van der Waals surface area contributed by atoms with Crippen LogP contribution in [0.1, 0.15) is 20.8 Å². The van der Waals surface area contributed by atoms with E-state index in [1.165, 1.54) is 0 Å². The molecule has 6 nitrogen and oxygen atoms in total. The Kier molecular flexibility index (Phi) is 3.65. The van der Waals surface area contributed by atoms with Crippen molar-refractivity contribution in [1.82, 2.24) is 10.0 Å². The second-order valence-corrected chi connectivity index (χ2v) is 3.46. The maximum atomic E-state index is 11.6. The van der Waals surface area contributed by atoms with Crippen LogP contribution < -0.4 is 0 Å². The molecule has 3 amide bonds. The van der Waals surface area contributed by atoms with Gasteiger partial charge < -0.3 is 4.74 Å². The van der Waals surface area contributed by atoms with Crippen LogP contribution in [0.25, 0.3) is 0 Å². The quantitative estimate of drug-likeness (QED) is 0.664. The molecular formula is C10H14N2O4. The molecule has 1 rings (SSSR count). The predicted octanol–water partition coefficient (Wildman–Crippen LogP) is 0.693. The van der Waals surface area contributed by atoms with Gasteiger partial charge in [0.15, 0.2) is 0 Å². The first-order chi connectivity index (χ1) is 7.49. The molecule has 1 aliphatic rings. The van der Waals surface area contributed by atoms with E-state index in [0.717, 1.165) is 22.2 Å². The smallest absolute Gasteiger partial charge is 0.429 e. The number of nitrogens with zero attached hydrogens (tertiary/aromatic N) is 2. The highest BCUT2D eigenvalue weighted by molar-refractivity contribution is 6.13. The highest BCUT2D eigenvalue weighted by Gasteiger charge is 2.35. The molecule has 0 aliphatic carbocycles. The van der Waals surface area contributed by atoms with Crippen molar-refractivity contribution in [2.24, 2.45) is 0 Å². The summed E-state index contributed by atoms with van der Waals surface area (Å²) in [6, 6.07) is -0.341. The third kappa shape index (κ3) is 2.21. The molecule has 0 spiro atoms. The van der Waals surface area contributed by atoms with E-state index < -0.39 is 17.9 Å². The number of hydrogen-bond acceptors (Lipinski definition) is 4. The molecule has 0 radical (unpaired) electrons. The highest BCUT2D eigenvalue weighted by atomic mass is 16.6. The Balaban J connectivity index is 2.90. The van der Waals surface area contributed by atoms with Crippen LogP contribution in [-0.4, -0.2) is 40.6 Å². The monoisotopic (exact) mass is 226 g/mol. The summed E-state index contributed by atoms with van der Waals surface area (Å²) in [7, 11) is 0. The van der Waals surface area contributed by atoms with Crippen molar-refractivity contribution in [3.8, 4) is 0 Å². The fourth-order valence-corrected chi connectivity index (χ4v) is 1.32. The molecule has 0 unspecified atom stereocenters. The number of carbonyl (C=O) groups excluding carboxylic acids is 3. The van der Waals surface area contributed by atoms with Gasteiger partial charge >= 0.3 is 6.09 Å². The first-order valence-electron chi connectivity index (χ1n) is 5.01. The molecule has 0 aromatic rings. The van der Waals surface area contributed by atoms with E-state index in [2.05, 4.69) is 0 Å². The van der Waals surface area contributed by atoms with Crippen molar-refractivity contribution in [1.29, 1.82) is 0 Å². The molecular weight excluding hydrogens is 212 g/mol. The van der Waals surface area contributed by atoms with Crippen molar-refractivity contribution in [2.45, 2.75) is 26.8 Å². The van der Waals surface area contributed by atoms with Gasteiger partial charge in [0.25, 0.3) is 11.8 Å². The summed E-state index contributed by atoms with van der Waals surface area (Å²) >= 11 is 0. The third-order valence-corrected chi connectivity index (χ3v) is 1.95. The van der Waals surface area contributed by atoms with E-state index in [1.807, 2.05) is 0 Å². The number of rotatable bonds is 3. The molecule has 0 aromatic heterocycles. The average Bonchev–Trinajstić information content (AvgIpc) is 2.50. The fourth-order valence-electron chi connectivity index (χ4n) is 1.32. The van der Waals surface area contributed by atoms with Crippen molar-refractivity contribution in [3.05, 3.63) is 12.2 Å². The Bertz CT molecular complexity index is 331. The topological polar surface area (TPSA) is 66.9 Å². The van der Waals surface area contributed by atoms with Gasteiger partial charge in [-0.15, -0.1) is 0 Å². The fraction of sp³-hybridized carbons (Fsp3) is 0.500. The van der Waals surface area contributed by atoms with Crippen LogP contribution in [0, 0.1) is 0 Å². The number of hydrazine groups is 1. The minimum Gasteiger partial charge on any atom is -0.448 e. The van der Waals surface area contributed by atoms with Crippen LogP contribution in [0.2, 0.25) is 0 Å². The average molecular weight is 226 g/mol. The molecule has 6 heteroatoms. The second-order valence-electron chi connectivity index (χ2n) is 3.46. The number of imide groups is 1. The van der Waals surface area contributed by atoms with Crippen molar-refractivity contribution in [2.75, 3.05) is 6.61 Å². The molecule has 1 heterocycles. The molecule has 0 N–H and O–H groups in total. The van der Waals surface area contributed by atoms with Gasteiger partial charge in [-0.1, -0.05) is 0 Å².